The third-order valence-corrected chi connectivity index (χ3v) is 4.92. The summed E-state index contributed by atoms with van der Waals surface area (Å²) in [5.41, 5.74) is 4.82. The molecule has 0 amide bonds. The van der Waals surface area contributed by atoms with E-state index < -0.39 is 11.6 Å². The highest BCUT2D eigenvalue weighted by atomic mass is 19.1. The Morgan fingerprint density at radius 3 is 2.81 bits per heavy atom. The van der Waals surface area contributed by atoms with Crippen LogP contribution in [0, 0.1) is 11.6 Å². The summed E-state index contributed by atoms with van der Waals surface area (Å²) in [5, 5.41) is 5.67. The number of pyridine rings is 1. The largest absolute Gasteiger partial charge is 0.268 e. The molecule has 0 fully saturated rings. The molecule has 128 valence electrons. The van der Waals surface area contributed by atoms with Crippen LogP contribution >= 0.6 is 0 Å². The molecule has 2 aromatic carbocycles. The first-order valence-corrected chi connectivity index (χ1v) is 8.61. The second kappa shape index (κ2) is 5.73. The number of hydrogen-bond acceptors (Lipinski definition) is 2. The van der Waals surface area contributed by atoms with Crippen molar-refractivity contribution in [2.24, 2.45) is 0 Å². The number of nitrogens with zero attached hydrogens (tertiary/aromatic N) is 3. The Balaban J connectivity index is 1.77. The highest BCUT2D eigenvalue weighted by molar-refractivity contribution is 5.89. The molecule has 0 spiro atoms. The summed E-state index contributed by atoms with van der Waals surface area (Å²) in [7, 11) is 0. The summed E-state index contributed by atoms with van der Waals surface area (Å²) in [5.74, 6) is -1.18. The molecule has 0 unspecified atom stereocenters. The van der Waals surface area contributed by atoms with Gasteiger partial charge in [-0.2, -0.15) is 5.10 Å². The monoisotopic (exact) mass is 347 g/mol. The Bertz CT molecular complexity index is 1150. The van der Waals surface area contributed by atoms with Crippen molar-refractivity contribution in [3.05, 3.63) is 72.1 Å². The van der Waals surface area contributed by atoms with Gasteiger partial charge in [-0.3, -0.25) is 9.67 Å². The Morgan fingerprint density at radius 2 is 1.92 bits per heavy atom. The minimum absolute atomic E-state index is 0.328. The van der Waals surface area contributed by atoms with E-state index in [1.54, 1.807) is 6.20 Å². The van der Waals surface area contributed by atoms with Crippen molar-refractivity contribution in [2.75, 3.05) is 0 Å². The van der Waals surface area contributed by atoms with E-state index in [1.807, 2.05) is 28.9 Å². The van der Waals surface area contributed by atoms with Crippen LogP contribution < -0.4 is 0 Å². The van der Waals surface area contributed by atoms with Gasteiger partial charge in [0, 0.05) is 41.0 Å². The van der Waals surface area contributed by atoms with Gasteiger partial charge in [-0.05, 0) is 48.7 Å². The molecule has 2 aromatic heterocycles. The molecule has 0 saturated carbocycles. The molecule has 1 aliphatic rings. The molecule has 0 saturated heterocycles. The maximum Gasteiger partial charge on any atom is 0.135 e. The molecular weight excluding hydrogens is 332 g/mol. The fourth-order valence-electron chi connectivity index (χ4n) is 3.74. The van der Waals surface area contributed by atoms with E-state index >= 15 is 0 Å². The molecule has 5 rings (SSSR count). The number of benzene rings is 2. The maximum atomic E-state index is 14.4. The molecule has 1 aliphatic heterocycles. The minimum Gasteiger partial charge on any atom is -0.268 e. The lowest BCUT2D eigenvalue weighted by Crippen LogP contribution is -1.95. The van der Waals surface area contributed by atoms with E-state index in [9.17, 15) is 8.78 Å². The number of halogens is 2. The lowest BCUT2D eigenvalue weighted by molar-refractivity contribution is 0.584. The first-order chi connectivity index (χ1) is 12.7. The second-order valence-electron chi connectivity index (χ2n) is 6.53. The van der Waals surface area contributed by atoms with Crippen molar-refractivity contribution in [3.8, 4) is 22.4 Å². The van der Waals surface area contributed by atoms with E-state index in [0.29, 0.717) is 11.3 Å². The van der Waals surface area contributed by atoms with Gasteiger partial charge < -0.3 is 0 Å². The zero-order valence-corrected chi connectivity index (χ0v) is 13.9. The van der Waals surface area contributed by atoms with Crippen LogP contribution in [0.4, 0.5) is 8.78 Å². The zero-order chi connectivity index (χ0) is 17.7. The highest BCUT2D eigenvalue weighted by Crippen LogP contribution is 2.39. The Morgan fingerprint density at radius 1 is 1.00 bits per heavy atom. The summed E-state index contributed by atoms with van der Waals surface area (Å²) in [6, 6.07) is 13.6. The highest BCUT2D eigenvalue weighted by Gasteiger charge is 2.25. The van der Waals surface area contributed by atoms with E-state index in [1.165, 1.54) is 12.1 Å². The number of hydrogen-bond donors (Lipinski definition) is 0. The van der Waals surface area contributed by atoms with E-state index in [-0.39, 0.29) is 0 Å². The first kappa shape index (κ1) is 15.2. The van der Waals surface area contributed by atoms with Crippen molar-refractivity contribution in [3.63, 3.8) is 0 Å². The van der Waals surface area contributed by atoms with E-state index in [0.717, 1.165) is 53.2 Å². The van der Waals surface area contributed by atoms with Gasteiger partial charge in [-0.25, -0.2) is 8.78 Å². The smallest absolute Gasteiger partial charge is 0.135 e. The van der Waals surface area contributed by atoms with Crippen molar-refractivity contribution in [1.29, 1.82) is 0 Å². The fourth-order valence-corrected chi connectivity index (χ4v) is 3.74. The van der Waals surface area contributed by atoms with Crippen LogP contribution in [0.25, 0.3) is 33.3 Å². The number of fused-ring (bicyclic) bond motifs is 2. The molecule has 0 radical (unpaired) electrons. The molecule has 0 bridgehead atoms. The van der Waals surface area contributed by atoms with E-state index in [4.69, 9.17) is 0 Å². The molecular formula is C21H15F2N3. The molecule has 0 atom stereocenters. The Kier molecular flexibility index (Phi) is 3.35. The standard InChI is InChI=1S/C21H15F2N3/c22-15-6-7-16(17(23)12-15)21-20(19-4-2-10-26(19)25-21)14-5-8-18-13(11-14)3-1-9-24-18/h1,3,5-9,11-12H,2,4,10H2. The average molecular weight is 347 g/mol. The third-order valence-electron chi connectivity index (χ3n) is 4.92. The van der Waals surface area contributed by atoms with Crippen molar-refractivity contribution >= 4 is 10.9 Å². The number of rotatable bonds is 2. The van der Waals surface area contributed by atoms with Crippen molar-refractivity contribution < 1.29 is 8.78 Å². The van der Waals surface area contributed by atoms with Gasteiger partial charge >= 0.3 is 0 Å². The number of aryl methyl sites for hydroxylation is 1. The predicted molar refractivity (Wildman–Crippen MR) is 96.6 cm³/mol. The molecule has 0 aliphatic carbocycles. The molecule has 0 N–H and O–H groups in total. The van der Waals surface area contributed by atoms with Gasteiger partial charge in [0.1, 0.15) is 17.3 Å². The zero-order valence-electron chi connectivity index (χ0n) is 13.9. The van der Waals surface area contributed by atoms with Crippen LogP contribution in [0.5, 0.6) is 0 Å². The van der Waals surface area contributed by atoms with Gasteiger partial charge in [-0.15, -0.1) is 0 Å². The topological polar surface area (TPSA) is 30.7 Å². The van der Waals surface area contributed by atoms with Crippen LogP contribution in [0.2, 0.25) is 0 Å². The molecule has 3 nitrogen and oxygen atoms in total. The lowest BCUT2D eigenvalue weighted by atomic mass is 9.96. The second-order valence-corrected chi connectivity index (χ2v) is 6.53. The quantitative estimate of drug-likeness (QED) is 0.511. The molecule has 5 heteroatoms. The number of aromatic nitrogens is 3. The van der Waals surface area contributed by atoms with Gasteiger partial charge in [-0.1, -0.05) is 12.1 Å². The summed E-state index contributed by atoms with van der Waals surface area (Å²) in [6.07, 6.45) is 3.69. The van der Waals surface area contributed by atoms with Crippen LogP contribution in [0.3, 0.4) is 0 Å². The molecule has 4 aromatic rings. The lowest BCUT2D eigenvalue weighted by Gasteiger charge is -2.08. The predicted octanol–water partition coefficient (Wildman–Crippen LogP) is 4.99. The van der Waals surface area contributed by atoms with Crippen molar-refractivity contribution in [2.45, 2.75) is 19.4 Å². The normalized spacial score (nSPS) is 13.3. The maximum absolute atomic E-state index is 14.4. The van der Waals surface area contributed by atoms with E-state index in [2.05, 4.69) is 16.1 Å². The van der Waals surface area contributed by atoms with Crippen LogP contribution in [-0.4, -0.2) is 14.8 Å². The fraction of sp³-hybridized carbons (Fsp3) is 0.143. The van der Waals surface area contributed by atoms with Gasteiger partial charge in [0.2, 0.25) is 0 Å². The van der Waals surface area contributed by atoms with Crippen molar-refractivity contribution in [1.82, 2.24) is 14.8 Å². The van der Waals surface area contributed by atoms with Gasteiger partial charge in [0.05, 0.1) is 5.52 Å². The third kappa shape index (κ3) is 2.31. The minimum atomic E-state index is -0.592. The summed E-state index contributed by atoms with van der Waals surface area (Å²) in [6.45, 7) is 0.820. The molecule has 26 heavy (non-hydrogen) atoms. The van der Waals surface area contributed by atoms with Crippen LogP contribution in [-0.2, 0) is 13.0 Å². The average Bonchev–Trinajstić information content (AvgIpc) is 3.22. The summed E-state index contributed by atoms with van der Waals surface area (Å²) >= 11 is 0. The Labute approximate surface area is 148 Å². The Hall–Kier alpha value is -3.08. The first-order valence-electron chi connectivity index (χ1n) is 8.61. The van der Waals surface area contributed by atoms with Crippen LogP contribution in [0.15, 0.2) is 54.7 Å². The summed E-state index contributed by atoms with van der Waals surface area (Å²) < 4.78 is 29.7. The SMILES string of the molecule is Fc1ccc(-c2nn3c(c2-c2ccc4ncccc4c2)CCC3)c(F)c1. The van der Waals surface area contributed by atoms with Gasteiger partial charge in [0.15, 0.2) is 0 Å². The molecule has 3 heterocycles. The van der Waals surface area contributed by atoms with Crippen LogP contribution in [0.1, 0.15) is 12.1 Å². The summed E-state index contributed by atoms with van der Waals surface area (Å²) in [4.78, 5) is 4.36. The van der Waals surface area contributed by atoms with Gasteiger partial charge in [0.25, 0.3) is 0 Å².